The zero-order valence-electron chi connectivity index (χ0n) is 22.1. The lowest BCUT2D eigenvalue weighted by Gasteiger charge is -2.12. The highest BCUT2D eigenvalue weighted by molar-refractivity contribution is 7.19. The Bertz CT molecular complexity index is 1800. The quantitative estimate of drug-likeness (QED) is 0.169. The molecule has 0 aliphatic rings. The number of carbonyl (C=O) groups is 1. The second-order valence-corrected chi connectivity index (χ2v) is 10.6. The Balaban J connectivity index is 1.26. The molecule has 0 bridgehead atoms. The molecule has 208 valence electrons. The Morgan fingerprint density at radius 3 is 2.71 bits per heavy atom. The number of amides is 1. The number of carbonyl (C=O) groups excluding carboxylic acids is 1. The first-order valence-corrected chi connectivity index (χ1v) is 13.6. The molecule has 0 fully saturated rings. The normalized spacial score (nSPS) is 11.2. The van der Waals surface area contributed by atoms with Crippen molar-refractivity contribution in [3.05, 3.63) is 110 Å². The predicted octanol–water partition coefficient (Wildman–Crippen LogP) is 5.96. The second kappa shape index (κ2) is 12.3. The van der Waals surface area contributed by atoms with Gasteiger partial charge in [-0.15, -0.1) is 11.3 Å². The number of benzene rings is 3. The summed E-state index contributed by atoms with van der Waals surface area (Å²) in [5.41, 5.74) is 4.74. The summed E-state index contributed by atoms with van der Waals surface area (Å²) in [5.74, 6) is -0.185. The van der Waals surface area contributed by atoms with Crippen LogP contribution < -0.4 is 20.5 Å². The lowest BCUT2D eigenvalue weighted by Crippen LogP contribution is -2.30. The van der Waals surface area contributed by atoms with Gasteiger partial charge in [-0.1, -0.05) is 48.0 Å². The molecule has 3 aromatic carbocycles. The monoisotopic (exact) mass is 590 g/mol. The fourth-order valence-corrected chi connectivity index (χ4v) is 5.50. The van der Waals surface area contributed by atoms with E-state index in [0.717, 1.165) is 16.0 Å². The number of thiophene rings is 1. The molecule has 0 aliphatic carbocycles. The summed E-state index contributed by atoms with van der Waals surface area (Å²) in [6.07, 6.45) is 2.80. The van der Waals surface area contributed by atoms with Crippen LogP contribution in [0.25, 0.3) is 21.3 Å². The Morgan fingerprint density at radius 2 is 1.95 bits per heavy atom. The number of aryl methyl sites for hydroxylation is 1. The lowest BCUT2D eigenvalue weighted by atomic mass is 10.0. The number of hydrazone groups is 1. The number of aromatic nitrogens is 2. The van der Waals surface area contributed by atoms with Gasteiger partial charge in [-0.25, -0.2) is 14.8 Å². The molecule has 0 atom stereocenters. The van der Waals surface area contributed by atoms with Crippen LogP contribution in [0.15, 0.2) is 83.0 Å². The standard InChI is InChI=1S/C30H24ClFN4O4S/c1-18-27(20-7-4-3-5-8-20)28-29(41-18)33-17-36(30(28)38)15-26(37)35-34-14-19-11-12-24(25(13-19)39-2)40-16-21-22(31)9-6-10-23(21)32/h3-14,17H,15-16H2,1-2H3,(H,35,37)/b34-14+. The molecule has 0 spiro atoms. The van der Waals surface area contributed by atoms with E-state index in [-0.39, 0.29) is 29.3 Å². The van der Waals surface area contributed by atoms with Gasteiger partial charge in [0.2, 0.25) is 0 Å². The summed E-state index contributed by atoms with van der Waals surface area (Å²) >= 11 is 7.51. The Hall–Kier alpha value is -4.54. The van der Waals surface area contributed by atoms with Crippen LogP contribution in [0.5, 0.6) is 11.5 Å². The number of nitrogens with one attached hydrogen (secondary N) is 1. The van der Waals surface area contributed by atoms with Gasteiger partial charge in [0.05, 0.1) is 30.1 Å². The summed E-state index contributed by atoms with van der Waals surface area (Å²) in [6, 6.07) is 19.0. The van der Waals surface area contributed by atoms with E-state index in [4.69, 9.17) is 21.1 Å². The van der Waals surface area contributed by atoms with Gasteiger partial charge in [0.25, 0.3) is 11.5 Å². The molecule has 0 saturated carbocycles. The van der Waals surface area contributed by atoms with Crippen LogP contribution in [0.1, 0.15) is 16.0 Å². The lowest BCUT2D eigenvalue weighted by molar-refractivity contribution is -0.121. The maximum absolute atomic E-state index is 14.1. The first-order chi connectivity index (χ1) is 19.9. The molecular formula is C30H24ClFN4O4S. The van der Waals surface area contributed by atoms with Crippen molar-refractivity contribution in [1.82, 2.24) is 15.0 Å². The molecule has 2 heterocycles. The van der Waals surface area contributed by atoms with Gasteiger partial charge in [-0.3, -0.25) is 14.2 Å². The van der Waals surface area contributed by atoms with Crippen LogP contribution in [0, 0.1) is 12.7 Å². The number of hydrogen-bond acceptors (Lipinski definition) is 7. The molecule has 5 rings (SSSR count). The van der Waals surface area contributed by atoms with E-state index in [9.17, 15) is 14.0 Å². The molecule has 0 unspecified atom stereocenters. The molecule has 1 amide bonds. The summed E-state index contributed by atoms with van der Waals surface area (Å²) in [4.78, 5) is 31.9. The highest BCUT2D eigenvalue weighted by atomic mass is 35.5. The number of rotatable bonds is 9. The summed E-state index contributed by atoms with van der Waals surface area (Å²) in [7, 11) is 1.47. The van der Waals surface area contributed by atoms with Crippen molar-refractivity contribution in [3.8, 4) is 22.6 Å². The zero-order chi connectivity index (χ0) is 28.9. The second-order valence-electron chi connectivity index (χ2n) is 8.95. The van der Waals surface area contributed by atoms with Gasteiger partial charge in [0, 0.05) is 16.0 Å². The number of halogens is 2. The maximum atomic E-state index is 14.1. The SMILES string of the molecule is COc1cc(/C=N/NC(=O)Cn2cnc3sc(C)c(-c4ccccc4)c3c2=O)ccc1OCc1c(F)cccc1Cl. The fraction of sp³-hybridized carbons (Fsp3) is 0.133. The van der Waals surface area contributed by atoms with Gasteiger partial charge >= 0.3 is 0 Å². The van der Waals surface area contributed by atoms with Crippen molar-refractivity contribution in [2.24, 2.45) is 5.10 Å². The van der Waals surface area contributed by atoms with Crippen LogP contribution in [0.3, 0.4) is 0 Å². The number of hydrogen-bond donors (Lipinski definition) is 1. The van der Waals surface area contributed by atoms with E-state index in [1.807, 2.05) is 37.3 Å². The molecule has 0 radical (unpaired) electrons. The molecule has 8 nitrogen and oxygen atoms in total. The van der Waals surface area contributed by atoms with Crippen molar-refractivity contribution in [2.45, 2.75) is 20.1 Å². The van der Waals surface area contributed by atoms with Crippen molar-refractivity contribution in [2.75, 3.05) is 7.11 Å². The van der Waals surface area contributed by atoms with Crippen LogP contribution in [-0.2, 0) is 17.9 Å². The van der Waals surface area contributed by atoms with E-state index in [1.54, 1.807) is 24.3 Å². The zero-order valence-corrected chi connectivity index (χ0v) is 23.6. The molecule has 11 heteroatoms. The minimum absolute atomic E-state index is 0.0802. The molecule has 41 heavy (non-hydrogen) atoms. The molecule has 1 N–H and O–H groups in total. The van der Waals surface area contributed by atoms with Gasteiger partial charge < -0.3 is 9.47 Å². The topological polar surface area (TPSA) is 94.8 Å². The number of methoxy groups -OCH3 is 1. The number of nitrogens with zero attached hydrogens (tertiary/aromatic N) is 3. The Labute approximate surface area is 243 Å². The highest BCUT2D eigenvalue weighted by Gasteiger charge is 2.17. The number of fused-ring (bicyclic) bond motifs is 1. The largest absolute Gasteiger partial charge is 0.493 e. The van der Waals surface area contributed by atoms with Gasteiger partial charge in [0.1, 0.15) is 23.8 Å². The molecule has 0 aliphatic heterocycles. The fourth-order valence-electron chi connectivity index (χ4n) is 4.28. The third-order valence-electron chi connectivity index (χ3n) is 6.26. The van der Waals surface area contributed by atoms with Crippen molar-refractivity contribution >= 4 is 45.3 Å². The van der Waals surface area contributed by atoms with Crippen LogP contribution >= 0.6 is 22.9 Å². The summed E-state index contributed by atoms with van der Waals surface area (Å²) in [6.45, 7) is 1.62. The summed E-state index contributed by atoms with van der Waals surface area (Å²) < 4.78 is 26.4. The van der Waals surface area contributed by atoms with Crippen LogP contribution in [0.4, 0.5) is 4.39 Å². The highest BCUT2D eigenvalue weighted by Crippen LogP contribution is 2.35. The smallest absolute Gasteiger partial charge is 0.263 e. The first kappa shape index (κ1) is 28.0. The summed E-state index contributed by atoms with van der Waals surface area (Å²) in [5, 5.41) is 4.76. The van der Waals surface area contributed by atoms with E-state index in [0.29, 0.717) is 27.3 Å². The van der Waals surface area contributed by atoms with E-state index in [2.05, 4.69) is 15.5 Å². The number of ether oxygens (including phenoxy) is 2. The van der Waals surface area contributed by atoms with Crippen molar-refractivity contribution in [1.29, 1.82) is 0 Å². The van der Waals surface area contributed by atoms with E-state index in [1.165, 1.54) is 47.7 Å². The van der Waals surface area contributed by atoms with E-state index >= 15 is 0 Å². The van der Waals surface area contributed by atoms with Crippen LogP contribution in [0.2, 0.25) is 5.02 Å². The minimum Gasteiger partial charge on any atom is -0.493 e. The Morgan fingerprint density at radius 1 is 1.15 bits per heavy atom. The predicted molar refractivity (Wildman–Crippen MR) is 159 cm³/mol. The van der Waals surface area contributed by atoms with Gasteiger partial charge in [0.15, 0.2) is 11.5 Å². The molecular weight excluding hydrogens is 567 g/mol. The van der Waals surface area contributed by atoms with Crippen molar-refractivity contribution in [3.63, 3.8) is 0 Å². The molecule has 2 aromatic heterocycles. The average molecular weight is 591 g/mol. The minimum atomic E-state index is -0.494. The van der Waals surface area contributed by atoms with E-state index < -0.39 is 11.7 Å². The first-order valence-electron chi connectivity index (χ1n) is 12.4. The Kier molecular flexibility index (Phi) is 8.42. The molecule has 0 saturated heterocycles. The molecule has 5 aromatic rings. The third kappa shape index (κ3) is 6.13. The van der Waals surface area contributed by atoms with Crippen LogP contribution in [-0.4, -0.2) is 28.8 Å². The maximum Gasteiger partial charge on any atom is 0.263 e. The van der Waals surface area contributed by atoms with Gasteiger partial charge in [-0.2, -0.15) is 5.10 Å². The average Bonchev–Trinajstić information content (AvgIpc) is 3.31. The van der Waals surface area contributed by atoms with Crippen molar-refractivity contribution < 1.29 is 18.7 Å². The third-order valence-corrected chi connectivity index (χ3v) is 7.62. The van der Waals surface area contributed by atoms with Gasteiger partial charge in [-0.05, 0) is 48.4 Å².